The summed E-state index contributed by atoms with van der Waals surface area (Å²) in [5.41, 5.74) is 0.915. The Kier molecular flexibility index (Phi) is 4.03. The maximum absolute atomic E-state index is 13.1. The van der Waals surface area contributed by atoms with Gasteiger partial charge < -0.3 is 0 Å². The molecule has 4 rings (SSSR count). The SMILES string of the molecule is O=S1(=O)[C@@H](c2ccccc2)[C@@H](c2cccs2)N1C1CCCCC1. The van der Waals surface area contributed by atoms with E-state index in [1.807, 2.05) is 46.1 Å². The summed E-state index contributed by atoms with van der Waals surface area (Å²) < 4.78 is 28.0. The Morgan fingerprint density at radius 2 is 1.70 bits per heavy atom. The summed E-state index contributed by atoms with van der Waals surface area (Å²) >= 11 is 1.67. The van der Waals surface area contributed by atoms with Crippen LogP contribution in [0.1, 0.15) is 53.8 Å². The molecule has 1 aliphatic heterocycles. The van der Waals surface area contributed by atoms with Crippen LogP contribution in [0.25, 0.3) is 0 Å². The van der Waals surface area contributed by atoms with Crippen LogP contribution in [0.5, 0.6) is 0 Å². The van der Waals surface area contributed by atoms with Crippen molar-refractivity contribution >= 4 is 21.4 Å². The minimum absolute atomic E-state index is 0.0227. The van der Waals surface area contributed by atoms with Gasteiger partial charge in [-0.3, -0.25) is 0 Å². The lowest BCUT2D eigenvalue weighted by molar-refractivity contribution is 0.158. The van der Waals surface area contributed by atoms with Crippen LogP contribution in [0.3, 0.4) is 0 Å². The molecule has 2 aliphatic rings. The number of thiophene rings is 1. The third-order valence-electron chi connectivity index (χ3n) is 5.07. The summed E-state index contributed by atoms with van der Waals surface area (Å²) in [4.78, 5) is 1.17. The first-order valence-electron chi connectivity index (χ1n) is 8.30. The lowest BCUT2D eigenvalue weighted by atomic mass is 9.93. The molecule has 0 amide bonds. The fourth-order valence-corrected chi connectivity index (χ4v) is 7.39. The van der Waals surface area contributed by atoms with Crippen molar-refractivity contribution in [2.45, 2.75) is 49.4 Å². The van der Waals surface area contributed by atoms with E-state index < -0.39 is 15.3 Å². The molecule has 0 unspecified atom stereocenters. The Morgan fingerprint density at radius 1 is 0.957 bits per heavy atom. The number of sulfonamides is 1. The highest BCUT2D eigenvalue weighted by Gasteiger charge is 2.57. The normalized spacial score (nSPS) is 28.3. The minimum atomic E-state index is -3.25. The largest absolute Gasteiger partial charge is 0.224 e. The van der Waals surface area contributed by atoms with Gasteiger partial charge in [-0.1, -0.05) is 55.7 Å². The van der Waals surface area contributed by atoms with Crippen molar-refractivity contribution in [2.24, 2.45) is 0 Å². The molecule has 1 aromatic carbocycles. The zero-order valence-corrected chi connectivity index (χ0v) is 14.6. The number of benzene rings is 1. The Balaban J connectivity index is 1.74. The second-order valence-electron chi connectivity index (χ2n) is 6.46. The van der Waals surface area contributed by atoms with Crippen LogP contribution >= 0.6 is 11.3 Å². The summed E-state index contributed by atoms with van der Waals surface area (Å²) in [5, 5.41) is 1.62. The van der Waals surface area contributed by atoms with Gasteiger partial charge in [-0.2, -0.15) is 4.31 Å². The van der Waals surface area contributed by atoms with E-state index in [0.717, 1.165) is 31.2 Å². The molecule has 23 heavy (non-hydrogen) atoms. The van der Waals surface area contributed by atoms with Gasteiger partial charge >= 0.3 is 0 Å². The topological polar surface area (TPSA) is 37.4 Å². The smallest absolute Gasteiger partial charge is 0.211 e. The maximum Gasteiger partial charge on any atom is 0.224 e. The standard InChI is InChI=1S/C18H21NO2S2/c20-23(21)18(14-8-3-1-4-9-14)17(16-12-7-13-22-16)19(23)15-10-5-2-6-11-15/h1,3-4,7-9,12-13,15,17-18H,2,5-6,10-11H2/t17-,18+/m1/s1. The number of rotatable bonds is 3. The Hall–Kier alpha value is -1.17. The van der Waals surface area contributed by atoms with E-state index in [9.17, 15) is 8.42 Å². The van der Waals surface area contributed by atoms with Crippen molar-refractivity contribution in [1.29, 1.82) is 0 Å². The van der Waals surface area contributed by atoms with Crippen molar-refractivity contribution in [3.63, 3.8) is 0 Å². The molecule has 0 bridgehead atoms. The van der Waals surface area contributed by atoms with Gasteiger partial charge in [0.2, 0.25) is 10.0 Å². The van der Waals surface area contributed by atoms with Gasteiger partial charge in [0, 0.05) is 10.9 Å². The molecule has 1 aromatic heterocycles. The molecule has 1 aliphatic carbocycles. The van der Waals surface area contributed by atoms with Crippen LogP contribution in [0, 0.1) is 0 Å². The van der Waals surface area contributed by atoms with E-state index in [0.29, 0.717) is 0 Å². The summed E-state index contributed by atoms with van der Waals surface area (Å²) in [7, 11) is -3.25. The summed E-state index contributed by atoms with van der Waals surface area (Å²) in [6.45, 7) is 0. The Labute approximate surface area is 142 Å². The highest BCUT2D eigenvalue weighted by Crippen LogP contribution is 2.55. The van der Waals surface area contributed by atoms with E-state index in [4.69, 9.17) is 0 Å². The van der Waals surface area contributed by atoms with Crippen molar-refractivity contribution in [3.8, 4) is 0 Å². The average Bonchev–Trinajstić information content (AvgIpc) is 3.09. The molecule has 0 radical (unpaired) electrons. The van der Waals surface area contributed by atoms with E-state index in [1.165, 1.54) is 11.3 Å². The predicted octanol–water partition coefficient (Wildman–Crippen LogP) is 4.51. The van der Waals surface area contributed by atoms with E-state index in [1.54, 1.807) is 11.3 Å². The molecule has 122 valence electrons. The molecule has 3 nitrogen and oxygen atoms in total. The van der Waals surface area contributed by atoms with Gasteiger partial charge in [0.05, 0.1) is 6.04 Å². The summed E-state index contributed by atoms with van der Waals surface area (Å²) in [6, 6.07) is 13.9. The van der Waals surface area contributed by atoms with Crippen molar-refractivity contribution in [3.05, 3.63) is 58.3 Å². The van der Waals surface area contributed by atoms with E-state index in [-0.39, 0.29) is 12.1 Å². The molecule has 2 aromatic rings. The van der Waals surface area contributed by atoms with Crippen LogP contribution in [0.4, 0.5) is 0 Å². The van der Waals surface area contributed by atoms with Gasteiger partial charge in [0.15, 0.2) is 0 Å². The van der Waals surface area contributed by atoms with Gasteiger partial charge in [-0.05, 0) is 29.9 Å². The molecule has 2 fully saturated rings. The summed E-state index contributed by atoms with van der Waals surface area (Å²) in [6.07, 6.45) is 5.52. The Bertz CT molecular complexity index is 750. The zero-order valence-electron chi connectivity index (χ0n) is 13.0. The lowest BCUT2D eigenvalue weighted by Gasteiger charge is -2.51. The molecule has 2 heterocycles. The monoisotopic (exact) mass is 347 g/mol. The third-order valence-corrected chi connectivity index (χ3v) is 8.30. The van der Waals surface area contributed by atoms with Crippen LogP contribution in [0.2, 0.25) is 0 Å². The highest BCUT2D eigenvalue weighted by atomic mass is 32.2. The van der Waals surface area contributed by atoms with Crippen LogP contribution in [0.15, 0.2) is 47.8 Å². The van der Waals surface area contributed by atoms with Crippen LogP contribution < -0.4 is 0 Å². The molecule has 2 atom stereocenters. The fourth-order valence-electron chi connectivity index (χ4n) is 4.03. The molecular formula is C18H21NO2S2. The number of nitrogens with zero attached hydrogens (tertiary/aromatic N) is 1. The van der Waals surface area contributed by atoms with Crippen molar-refractivity contribution in [2.75, 3.05) is 0 Å². The molecule has 0 spiro atoms. The fraction of sp³-hybridized carbons (Fsp3) is 0.444. The predicted molar refractivity (Wildman–Crippen MR) is 93.9 cm³/mol. The molecule has 1 saturated carbocycles. The van der Waals surface area contributed by atoms with Crippen molar-refractivity contribution in [1.82, 2.24) is 4.31 Å². The molecule has 5 heteroatoms. The van der Waals surface area contributed by atoms with Gasteiger partial charge in [-0.15, -0.1) is 11.3 Å². The first-order chi connectivity index (χ1) is 11.2. The van der Waals surface area contributed by atoms with E-state index >= 15 is 0 Å². The quantitative estimate of drug-likeness (QED) is 0.819. The number of hydrogen-bond acceptors (Lipinski definition) is 3. The summed E-state index contributed by atoms with van der Waals surface area (Å²) in [5.74, 6) is 0. The molecule has 1 saturated heterocycles. The first-order valence-corrected chi connectivity index (χ1v) is 10.7. The van der Waals surface area contributed by atoms with Gasteiger partial charge in [0.25, 0.3) is 0 Å². The molecular weight excluding hydrogens is 326 g/mol. The number of hydrogen-bond donors (Lipinski definition) is 0. The zero-order chi connectivity index (χ0) is 15.9. The highest BCUT2D eigenvalue weighted by molar-refractivity contribution is 7.90. The second kappa shape index (κ2) is 6.04. The van der Waals surface area contributed by atoms with Crippen molar-refractivity contribution < 1.29 is 8.42 Å². The molecule has 0 N–H and O–H groups in total. The lowest BCUT2D eigenvalue weighted by Crippen LogP contribution is -2.57. The Morgan fingerprint density at radius 3 is 2.35 bits per heavy atom. The average molecular weight is 348 g/mol. The minimum Gasteiger partial charge on any atom is -0.211 e. The first kappa shape index (κ1) is 15.4. The van der Waals surface area contributed by atoms with Gasteiger partial charge in [-0.25, -0.2) is 8.42 Å². The van der Waals surface area contributed by atoms with Crippen LogP contribution in [-0.2, 0) is 10.0 Å². The third kappa shape index (κ3) is 2.55. The van der Waals surface area contributed by atoms with Gasteiger partial charge in [0.1, 0.15) is 5.25 Å². The maximum atomic E-state index is 13.1. The van der Waals surface area contributed by atoms with E-state index in [2.05, 4.69) is 6.07 Å². The van der Waals surface area contributed by atoms with Crippen LogP contribution in [-0.4, -0.2) is 18.8 Å². The second-order valence-corrected chi connectivity index (χ2v) is 9.40.